The number of amides is 1. The van der Waals surface area contributed by atoms with Gasteiger partial charge in [-0.05, 0) is 60.4 Å². The SMILES string of the molecule is Cc1cccc(C)c1N1C(=O)CSC1=NN=Cc1ccc(-c2cnn(-c3ccc(OC(F)(F)F)cc3)c2)cc1. The van der Waals surface area contributed by atoms with Crippen molar-refractivity contribution in [1.82, 2.24) is 9.78 Å². The molecule has 0 saturated carbocycles. The topological polar surface area (TPSA) is 72.1 Å². The molecule has 7 nitrogen and oxygen atoms in total. The number of hydrogen-bond acceptors (Lipinski definition) is 6. The second-order valence-corrected chi connectivity index (χ2v) is 9.67. The molecule has 1 aliphatic rings. The minimum Gasteiger partial charge on any atom is -0.406 e. The van der Waals surface area contributed by atoms with Gasteiger partial charge in [-0.3, -0.25) is 9.69 Å². The molecule has 0 spiro atoms. The van der Waals surface area contributed by atoms with E-state index in [-0.39, 0.29) is 11.7 Å². The van der Waals surface area contributed by atoms with Gasteiger partial charge in [0.25, 0.3) is 0 Å². The summed E-state index contributed by atoms with van der Waals surface area (Å²) in [5, 5.41) is 13.4. The van der Waals surface area contributed by atoms with E-state index in [0.717, 1.165) is 33.5 Å². The Kier molecular flexibility index (Phi) is 7.25. The highest BCUT2D eigenvalue weighted by Gasteiger charge is 2.32. The molecule has 39 heavy (non-hydrogen) atoms. The van der Waals surface area contributed by atoms with Crippen LogP contribution in [0.3, 0.4) is 0 Å². The van der Waals surface area contributed by atoms with Crippen molar-refractivity contribution < 1.29 is 22.7 Å². The molecule has 0 aliphatic carbocycles. The van der Waals surface area contributed by atoms with Gasteiger partial charge < -0.3 is 4.74 Å². The van der Waals surface area contributed by atoms with E-state index in [1.54, 1.807) is 28.2 Å². The number of aryl methyl sites for hydroxylation is 2. The molecule has 0 atom stereocenters. The minimum atomic E-state index is -4.74. The van der Waals surface area contributed by atoms with Crippen LogP contribution in [-0.2, 0) is 4.79 Å². The van der Waals surface area contributed by atoms with Crippen LogP contribution in [0.1, 0.15) is 16.7 Å². The Hall–Kier alpha value is -4.38. The Bertz CT molecular complexity index is 1540. The molecule has 1 fully saturated rings. The summed E-state index contributed by atoms with van der Waals surface area (Å²) in [5.41, 5.74) is 5.99. The van der Waals surface area contributed by atoms with Gasteiger partial charge in [0.2, 0.25) is 5.91 Å². The monoisotopic (exact) mass is 549 g/mol. The molecule has 3 aromatic carbocycles. The number of alkyl halides is 3. The summed E-state index contributed by atoms with van der Waals surface area (Å²) >= 11 is 1.36. The number of hydrogen-bond donors (Lipinski definition) is 0. The molecule has 0 radical (unpaired) electrons. The highest BCUT2D eigenvalue weighted by atomic mass is 32.2. The normalized spacial score (nSPS) is 15.1. The van der Waals surface area contributed by atoms with Crippen molar-refractivity contribution in [2.45, 2.75) is 20.2 Å². The van der Waals surface area contributed by atoms with Crippen LogP contribution in [-0.4, -0.2) is 39.2 Å². The maximum Gasteiger partial charge on any atom is 0.573 e. The molecular formula is C28H22F3N5O2S. The summed E-state index contributed by atoms with van der Waals surface area (Å²) in [6.07, 6.45) is 0.341. The number of halogens is 3. The molecule has 1 aromatic heterocycles. The first-order valence-corrected chi connectivity index (χ1v) is 12.8. The largest absolute Gasteiger partial charge is 0.573 e. The van der Waals surface area contributed by atoms with Crippen LogP contribution in [0.25, 0.3) is 16.8 Å². The van der Waals surface area contributed by atoms with Gasteiger partial charge in [-0.25, -0.2) is 4.68 Å². The molecule has 4 aromatic rings. The molecule has 198 valence electrons. The van der Waals surface area contributed by atoms with Crippen molar-refractivity contribution >= 4 is 34.7 Å². The number of para-hydroxylation sites is 1. The molecule has 1 aliphatic heterocycles. The predicted octanol–water partition coefficient (Wildman–Crippen LogP) is 6.52. The van der Waals surface area contributed by atoms with Crippen molar-refractivity contribution in [2.75, 3.05) is 10.7 Å². The van der Waals surface area contributed by atoms with Crippen LogP contribution in [0, 0.1) is 13.8 Å². The van der Waals surface area contributed by atoms with Gasteiger partial charge in [-0.15, -0.1) is 18.3 Å². The van der Waals surface area contributed by atoms with Gasteiger partial charge in [-0.2, -0.15) is 10.2 Å². The fraction of sp³-hybridized carbons (Fsp3) is 0.143. The maximum atomic E-state index is 12.6. The average Bonchev–Trinajstić information content (AvgIpc) is 3.52. The van der Waals surface area contributed by atoms with Gasteiger partial charge in [0.15, 0.2) is 5.17 Å². The highest BCUT2D eigenvalue weighted by molar-refractivity contribution is 8.15. The summed E-state index contributed by atoms with van der Waals surface area (Å²) < 4.78 is 42.6. The van der Waals surface area contributed by atoms with Gasteiger partial charge in [-0.1, -0.05) is 54.2 Å². The van der Waals surface area contributed by atoms with Crippen LogP contribution >= 0.6 is 11.8 Å². The summed E-state index contributed by atoms with van der Waals surface area (Å²) in [5.74, 6) is -0.00493. The molecular weight excluding hydrogens is 527 g/mol. The molecule has 0 unspecified atom stereocenters. The Balaban J connectivity index is 1.27. The van der Waals surface area contributed by atoms with Gasteiger partial charge >= 0.3 is 6.36 Å². The summed E-state index contributed by atoms with van der Waals surface area (Å²) in [6, 6.07) is 19.0. The highest BCUT2D eigenvalue weighted by Crippen LogP contribution is 2.32. The number of aromatic nitrogens is 2. The third-order valence-electron chi connectivity index (χ3n) is 5.94. The van der Waals surface area contributed by atoms with E-state index < -0.39 is 6.36 Å². The van der Waals surface area contributed by atoms with Crippen LogP contribution < -0.4 is 9.64 Å². The van der Waals surface area contributed by atoms with Gasteiger partial charge in [0, 0.05) is 11.8 Å². The number of rotatable bonds is 6. The lowest BCUT2D eigenvalue weighted by Gasteiger charge is -2.20. The number of benzene rings is 3. The fourth-order valence-electron chi connectivity index (χ4n) is 4.13. The van der Waals surface area contributed by atoms with E-state index in [1.165, 1.54) is 36.0 Å². The number of ether oxygens (including phenoxy) is 1. The van der Waals surface area contributed by atoms with Crippen LogP contribution in [0.5, 0.6) is 5.75 Å². The number of anilines is 1. The predicted molar refractivity (Wildman–Crippen MR) is 147 cm³/mol. The van der Waals surface area contributed by atoms with Crippen molar-refractivity contribution in [1.29, 1.82) is 0 Å². The van der Waals surface area contributed by atoms with Crippen molar-refractivity contribution in [3.05, 3.63) is 95.8 Å². The van der Waals surface area contributed by atoms with Gasteiger partial charge in [0.1, 0.15) is 5.75 Å². The Morgan fingerprint density at radius 3 is 2.33 bits per heavy atom. The Morgan fingerprint density at radius 1 is 0.974 bits per heavy atom. The number of carbonyl (C=O) groups is 1. The first-order chi connectivity index (χ1) is 18.7. The Labute approximate surface area is 226 Å². The lowest BCUT2D eigenvalue weighted by molar-refractivity contribution is -0.274. The molecule has 0 bridgehead atoms. The zero-order valence-corrected chi connectivity index (χ0v) is 21.7. The molecule has 1 amide bonds. The standard InChI is InChI=1S/C28H22F3N5O2S/c1-18-4-3-5-19(2)26(18)36-25(37)17-39-27(36)34-32-14-20-6-8-21(9-7-20)22-15-33-35(16-22)23-10-12-24(13-11-23)38-28(29,30)31/h3-16H,17H2,1-2H3. The van der Waals surface area contributed by atoms with E-state index in [1.807, 2.05) is 56.3 Å². The van der Waals surface area contributed by atoms with E-state index in [4.69, 9.17) is 0 Å². The number of carbonyl (C=O) groups excluding carboxylic acids is 1. The molecule has 0 N–H and O–H groups in total. The summed E-state index contributed by atoms with van der Waals surface area (Å²) in [6.45, 7) is 3.93. The lowest BCUT2D eigenvalue weighted by atomic mass is 10.1. The fourth-order valence-corrected chi connectivity index (χ4v) is 4.94. The maximum absolute atomic E-state index is 12.6. The minimum absolute atomic E-state index is 0.0261. The van der Waals surface area contributed by atoms with E-state index in [0.29, 0.717) is 16.6 Å². The van der Waals surface area contributed by atoms with Gasteiger partial charge in [0.05, 0.1) is 29.5 Å². The van der Waals surface area contributed by atoms with Crippen molar-refractivity contribution in [2.24, 2.45) is 10.2 Å². The summed E-state index contributed by atoms with van der Waals surface area (Å²) in [7, 11) is 0. The Morgan fingerprint density at radius 2 is 1.67 bits per heavy atom. The van der Waals surface area contributed by atoms with E-state index in [2.05, 4.69) is 20.0 Å². The van der Waals surface area contributed by atoms with E-state index in [9.17, 15) is 18.0 Å². The second kappa shape index (κ2) is 10.8. The number of thioether (sulfide) groups is 1. The zero-order valence-electron chi connectivity index (χ0n) is 20.9. The van der Waals surface area contributed by atoms with Crippen LogP contribution in [0.4, 0.5) is 18.9 Å². The number of amidine groups is 1. The lowest BCUT2D eigenvalue weighted by Crippen LogP contribution is -2.30. The first-order valence-electron chi connectivity index (χ1n) is 11.8. The molecule has 1 saturated heterocycles. The van der Waals surface area contributed by atoms with E-state index >= 15 is 0 Å². The quantitative estimate of drug-likeness (QED) is 0.203. The summed E-state index contributed by atoms with van der Waals surface area (Å²) in [4.78, 5) is 14.2. The smallest absolute Gasteiger partial charge is 0.406 e. The molecule has 5 rings (SSSR count). The van der Waals surface area contributed by atoms with Crippen molar-refractivity contribution in [3.63, 3.8) is 0 Å². The van der Waals surface area contributed by atoms with Crippen LogP contribution in [0.15, 0.2) is 89.3 Å². The average molecular weight is 550 g/mol. The zero-order chi connectivity index (χ0) is 27.6. The third-order valence-corrected chi connectivity index (χ3v) is 6.85. The number of nitrogens with zero attached hydrogens (tertiary/aromatic N) is 5. The molecule has 11 heteroatoms. The first kappa shape index (κ1) is 26.2. The second-order valence-electron chi connectivity index (χ2n) is 8.72. The molecule has 2 heterocycles. The van der Waals surface area contributed by atoms with Crippen LogP contribution in [0.2, 0.25) is 0 Å². The van der Waals surface area contributed by atoms with Crippen molar-refractivity contribution in [3.8, 4) is 22.6 Å². The third kappa shape index (κ3) is 6.04.